The maximum Gasteiger partial charge on any atom is 0.410 e. The Hall–Kier alpha value is -0.770. The van der Waals surface area contributed by atoms with Crippen molar-refractivity contribution in [1.82, 2.24) is 10.2 Å². The van der Waals surface area contributed by atoms with Crippen LogP contribution in [0.1, 0.15) is 79.6 Å². The number of ether oxygens (including phenoxy) is 1. The maximum atomic E-state index is 12.1. The van der Waals surface area contributed by atoms with Crippen molar-refractivity contribution in [3.05, 3.63) is 0 Å². The van der Waals surface area contributed by atoms with Crippen molar-refractivity contribution in [2.75, 3.05) is 13.1 Å². The molecule has 1 fully saturated rings. The van der Waals surface area contributed by atoms with Crippen LogP contribution in [0.4, 0.5) is 4.79 Å². The van der Waals surface area contributed by atoms with Crippen molar-refractivity contribution < 1.29 is 9.53 Å². The Morgan fingerprint density at radius 2 is 1.82 bits per heavy atom. The SMILES string of the molecule is CCCCC(CCC)NC1CCN(C(=O)OC(C)(C)C)CC1. The van der Waals surface area contributed by atoms with Crippen molar-refractivity contribution in [1.29, 1.82) is 0 Å². The van der Waals surface area contributed by atoms with Gasteiger partial charge in [0.1, 0.15) is 5.60 Å². The number of nitrogens with one attached hydrogen (secondary N) is 1. The first-order chi connectivity index (χ1) is 10.4. The average Bonchev–Trinajstić information content (AvgIpc) is 2.44. The highest BCUT2D eigenvalue weighted by Crippen LogP contribution is 2.17. The van der Waals surface area contributed by atoms with E-state index in [2.05, 4.69) is 19.2 Å². The van der Waals surface area contributed by atoms with E-state index in [0.29, 0.717) is 12.1 Å². The van der Waals surface area contributed by atoms with E-state index >= 15 is 0 Å². The molecule has 22 heavy (non-hydrogen) atoms. The van der Waals surface area contributed by atoms with Gasteiger partial charge in [0.05, 0.1) is 0 Å². The molecule has 1 rings (SSSR count). The third kappa shape index (κ3) is 7.48. The second-order valence-electron chi connectivity index (χ2n) is 7.54. The molecule has 1 saturated heterocycles. The van der Waals surface area contributed by atoms with Crippen LogP contribution in [0.5, 0.6) is 0 Å². The summed E-state index contributed by atoms with van der Waals surface area (Å²) in [6.07, 6.45) is 8.23. The molecule has 1 aliphatic heterocycles. The van der Waals surface area contributed by atoms with Crippen molar-refractivity contribution in [2.24, 2.45) is 0 Å². The number of likely N-dealkylation sites (tertiary alicyclic amines) is 1. The van der Waals surface area contributed by atoms with Crippen LogP contribution in [-0.4, -0.2) is 41.8 Å². The summed E-state index contributed by atoms with van der Waals surface area (Å²) >= 11 is 0. The Bertz CT molecular complexity index is 318. The topological polar surface area (TPSA) is 41.6 Å². The van der Waals surface area contributed by atoms with Crippen LogP contribution in [0, 0.1) is 0 Å². The molecule has 0 radical (unpaired) electrons. The molecule has 0 spiro atoms. The highest BCUT2D eigenvalue weighted by atomic mass is 16.6. The summed E-state index contributed by atoms with van der Waals surface area (Å²) < 4.78 is 5.45. The summed E-state index contributed by atoms with van der Waals surface area (Å²) in [5, 5.41) is 3.82. The Morgan fingerprint density at radius 3 is 2.32 bits per heavy atom. The van der Waals surface area contributed by atoms with Gasteiger partial charge in [-0.1, -0.05) is 33.1 Å². The van der Waals surface area contributed by atoms with Crippen molar-refractivity contribution in [3.8, 4) is 0 Å². The largest absolute Gasteiger partial charge is 0.444 e. The number of unbranched alkanes of at least 4 members (excludes halogenated alkanes) is 1. The molecular formula is C18H36N2O2. The molecule has 1 amide bonds. The fourth-order valence-electron chi connectivity index (χ4n) is 3.00. The molecule has 4 heteroatoms. The number of nitrogens with zero attached hydrogens (tertiary/aromatic N) is 1. The molecule has 1 unspecified atom stereocenters. The van der Waals surface area contributed by atoms with Crippen LogP contribution < -0.4 is 5.32 Å². The van der Waals surface area contributed by atoms with E-state index in [1.807, 2.05) is 25.7 Å². The molecule has 1 heterocycles. The van der Waals surface area contributed by atoms with Gasteiger partial charge in [0.25, 0.3) is 0 Å². The maximum absolute atomic E-state index is 12.1. The van der Waals surface area contributed by atoms with Gasteiger partial charge in [-0.2, -0.15) is 0 Å². The zero-order valence-electron chi connectivity index (χ0n) is 15.3. The van der Waals surface area contributed by atoms with Crippen molar-refractivity contribution >= 4 is 6.09 Å². The van der Waals surface area contributed by atoms with Gasteiger partial charge in [0.2, 0.25) is 0 Å². The van der Waals surface area contributed by atoms with Gasteiger partial charge in [0, 0.05) is 25.2 Å². The third-order valence-corrected chi connectivity index (χ3v) is 4.16. The molecule has 0 aromatic carbocycles. The van der Waals surface area contributed by atoms with Crippen LogP contribution in [0.3, 0.4) is 0 Å². The van der Waals surface area contributed by atoms with Gasteiger partial charge >= 0.3 is 6.09 Å². The first kappa shape index (κ1) is 19.3. The first-order valence-corrected chi connectivity index (χ1v) is 9.09. The van der Waals surface area contributed by atoms with Gasteiger partial charge in [0.15, 0.2) is 0 Å². The van der Waals surface area contributed by atoms with E-state index in [-0.39, 0.29) is 6.09 Å². The van der Waals surface area contributed by atoms with Crippen molar-refractivity contribution in [3.63, 3.8) is 0 Å². The lowest BCUT2D eigenvalue weighted by Gasteiger charge is -2.35. The lowest BCUT2D eigenvalue weighted by Crippen LogP contribution is -2.48. The van der Waals surface area contributed by atoms with Crippen LogP contribution in [-0.2, 0) is 4.74 Å². The molecule has 1 atom stereocenters. The summed E-state index contributed by atoms with van der Waals surface area (Å²) in [4.78, 5) is 13.9. The lowest BCUT2D eigenvalue weighted by atomic mass is 10.00. The van der Waals surface area contributed by atoms with E-state index in [1.165, 1.54) is 32.1 Å². The molecule has 1 aliphatic rings. The number of hydrogen-bond acceptors (Lipinski definition) is 3. The van der Waals surface area contributed by atoms with E-state index in [4.69, 9.17) is 4.74 Å². The van der Waals surface area contributed by atoms with Gasteiger partial charge in [-0.25, -0.2) is 4.79 Å². The normalized spacial score (nSPS) is 18.3. The summed E-state index contributed by atoms with van der Waals surface area (Å²) in [6.45, 7) is 11.9. The second-order valence-corrected chi connectivity index (χ2v) is 7.54. The molecule has 0 aromatic heterocycles. The summed E-state index contributed by atoms with van der Waals surface area (Å²) in [5.41, 5.74) is -0.404. The monoisotopic (exact) mass is 312 g/mol. The number of rotatable bonds is 7. The van der Waals surface area contributed by atoms with E-state index in [0.717, 1.165) is 25.9 Å². The Balaban J connectivity index is 2.35. The highest BCUT2D eigenvalue weighted by Gasteiger charge is 2.27. The number of amides is 1. The van der Waals surface area contributed by atoms with Gasteiger partial charge < -0.3 is 15.0 Å². The molecular weight excluding hydrogens is 276 g/mol. The van der Waals surface area contributed by atoms with Gasteiger partial charge in [-0.05, 0) is 46.5 Å². The fraction of sp³-hybridized carbons (Fsp3) is 0.944. The Morgan fingerprint density at radius 1 is 1.18 bits per heavy atom. The van der Waals surface area contributed by atoms with Crippen LogP contribution >= 0.6 is 0 Å². The predicted octanol–water partition coefficient (Wildman–Crippen LogP) is 4.33. The zero-order chi connectivity index (χ0) is 16.6. The lowest BCUT2D eigenvalue weighted by molar-refractivity contribution is 0.0195. The second kappa shape index (κ2) is 9.39. The average molecular weight is 312 g/mol. The molecule has 0 aliphatic carbocycles. The Labute approximate surface area is 137 Å². The number of piperidine rings is 1. The number of carbonyl (C=O) groups is 1. The summed E-state index contributed by atoms with van der Waals surface area (Å²) in [7, 11) is 0. The molecule has 130 valence electrons. The van der Waals surface area contributed by atoms with E-state index in [1.54, 1.807) is 0 Å². The smallest absolute Gasteiger partial charge is 0.410 e. The van der Waals surface area contributed by atoms with E-state index in [9.17, 15) is 4.79 Å². The minimum atomic E-state index is -0.404. The number of hydrogen-bond donors (Lipinski definition) is 1. The first-order valence-electron chi connectivity index (χ1n) is 9.09. The molecule has 4 nitrogen and oxygen atoms in total. The molecule has 1 N–H and O–H groups in total. The Kier molecular flexibility index (Phi) is 8.23. The minimum Gasteiger partial charge on any atom is -0.444 e. The third-order valence-electron chi connectivity index (χ3n) is 4.16. The molecule has 0 aromatic rings. The predicted molar refractivity (Wildman–Crippen MR) is 92.2 cm³/mol. The zero-order valence-corrected chi connectivity index (χ0v) is 15.3. The standard InChI is InChI=1S/C18H36N2O2/c1-6-8-10-15(9-7-2)19-16-11-13-20(14-12-16)17(21)22-18(3,4)5/h15-16,19H,6-14H2,1-5H3. The van der Waals surface area contributed by atoms with Crippen LogP contribution in [0.15, 0.2) is 0 Å². The fourth-order valence-corrected chi connectivity index (χ4v) is 3.00. The molecule has 0 saturated carbocycles. The minimum absolute atomic E-state index is 0.165. The quantitative estimate of drug-likeness (QED) is 0.760. The molecule has 0 bridgehead atoms. The van der Waals surface area contributed by atoms with Gasteiger partial charge in [-0.3, -0.25) is 0 Å². The van der Waals surface area contributed by atoms with Crippen LogP contribution in [0.2, 0.25) is 0 Å². The summed E-state index contributed by atoms with van der Waals surface area (Å²) in [6, 6.07) is 1.19. The van der Waals surface area contributed by atoms with E-state index < -0.39 is 5.60 Å². The van der Waals surface area contributed by atoms with Crippen molar-refractivity contribution in [2.45, 2.75) is 97.2 Å². The van der Waals surface area contributed by atoms with Crippen LogP contribution in [0.25, 0.3) is 0 Å². The number of carbonyl (C=O) groups excluding carboxylic acids is 1. The summed E-state index contributed by atoms with van der Waals surface area (Å²) in [5.74, 6) is 0. The highest BCUT2D eigenvalue weighted by molar-refractivity contribution is 5.68. The van der Waals surface area contributed by atoms with Gasteiger partial charge in [-0.15, -0.1) is 0 Å².